The van der Waals surface area contributed by atoms with Crippen LogP contribution in [0, 0.1) is 27.7 Å². The third kappa shape index (κ3) is 6.38. The Balaban J connectivity index is 0.000000147. The van der Waals surface area contributed by atoms with E-state index in [0.717, 1.165) is 62.7 Å². The van der Waals surface area contributed by atoms with E-state index in [4.69, 9.17) is 4.74 Å². The fraction of sp³-hybridized carbons (Fsp3) is 0.350. The van der Waals surface area contributed by atoms with Crippen molar-refractivity contribution < 1.29 is 4.74 Å². The SMILES string of the molecule is Cc1ccc2c(c1)c1c(n2CCc2ccc(C)nc2)CCOC1.Cc1ccc2c(c1)c1c(n2CCc2ccc(C)nc2)CCSC1. The van der Waals surface area contributed by atoms with Crippen LogP contribution in [0.3, 0.4) is 0 Å². The normalized spacial score (nSPS) is 14.2. The highest BCUT2D eigenvalue weighted by Crippen LogP contribution is 2.35. The Morgan fingerprint density at radius 1 is 0.674 bits per heavy atom. The van der Waals surface area contributed by atoms with Gasteiger partial charge in [-0.3, -0.25) is 9.97 Å². The number of thioether (sulfide) groups is 1. The molecular formula is C40H44N4OS. The van der Waals surface area contributed by atoms with Crippen LogP contribution in [0.1, 0.15) is 56.2 Å². The maximum Gasteiger partial charge on any atom is 0.0740 e. The quantitative estimate of drug-likeness (QED) is 0.185. The predicted molar refractivity (Wildman–Crippen MR) is 192 cm³/mol. The third-order valence-electron chi connectivity index (χ3n) is 9.54. The predicted octanol–water partition coefficient (Wildman–Crippen LogP) is 8.65. The van der Waals surface area contributed by atoms with Crippen molar-refractivity contribution in [2.75, 3.05) is 12.4 Å². The van der Waals surface area contributed by atoms with Gasteiger partial charge in [-0.05, 0) is 106 Å². The van der Waals surface area contributed by atoms with Gasteiger partial charge in [0.05, 0.1) is 13.2 Å². The molecule has 6 heterocycles. The molecule has 0 N–H and O–H groups in total. The first kappa shape index (κ1) is 30.8. The van der Waals surface area contributed by atoms with Gasteiger partial charge in [-0.15, -0.1) is 0 Å². The van der Waals surface area contributed by atoms with Gasteiger partial charge in [-0.2, -0.15) is 11.8 Å². The zero-order valence-electron chi connectivity index (χ0n) is 27.6. The summed E-state index contributed by atoms with van der Waals surface area (Å²) >= 11 is 2.06. The molecule has 46 heavy (non-hydrogen) atoms. The highest BCUT2D eigenvalue weighted by Gasteiger charge is 2.21. The van der Waals surface area contributed by atoms with E-state index in [0.29, 0.717) is 0 Å². The lowest BCUT2D eigenvalue weighted by Crippen LogP contribution is -2.14. The summed E-state index contributed by atoms with van der Waals surface area (Å²) in [6, 6.07) is 22.3. The largest absolute Gasteiger partial charge is 0.376 e. The van der Waals surface area contributed by atoms with Crippen molar-refractivity contribution in [2.24, 2.45) is 0 Å². The Kier molecular flexibility index (Phi) is 9.01. The summed E-state index contributed by atoms with van der Waals surface area (Å²) in [5.74, 6) is 2.41. The van der Waals surface area contributed by atoms with Crippen molar-refractivity contribution in [3.8, 4) is 0 Å². The van der Waals surface area contributed by atoms with Crippen LogP contribution in [-0.4, -0.2) is 31.5 Å². The number of aryl methyl sites for hydroxylation is 8. The molecule has 2 aliphatic heterocycles. The molecule has 8 rings (SSSR count). The van der Waals surface area contributed by atoms with Crippen LogP contribution < -0.4 is 0 Å². The van der Waals surface area contributed by atoms with Crippen LogP contribution in [0.5, 0.6) is 0 Å². The lowest BCUT2D eigenvalue weighted by atomic mass is 10.1. The Hall–Kier alpha value is -3.87. The lowest BCUT2D eigenvalue weighted by molar-refractivity contribution is 0.109. The minimum atomic E-state index is 0.744. The molecule has 2 aromatic carbocycles. The molecule has 0 saturated carbocycles. The van der Waals surface area contributed by atoms with Crippen LogP contribution in [-0.2, 0) is 55.9 Å². The molecule has 0 atom stereocenters. The minimum absolute atomic E-state index is 0.744. The average molecular weight is 629 g/mol. The number of fused-ring (bicyclic) bond motifs is 6. The van der Waals surface area contributed by atoms with Crippen molar-refractivity contribution in [2.45, 2.75) is 78.8 Å². The molecule has 5 nitrogen and oxygen atoms in total. The van der Waals surface area contributed by atoms with Crippen molar-refractivity contribution in [3.05, 3.63) is 129 Å². The standard InChI is InChI=1S/C20H22N2O.C20H22N2S/c2*1-14-3-6-19-17(11-14)18-13-23-10-8-20(18)22(19)9-7-16-5-4-15(2)21-12-16/h2*3-6,11-12H,7-10,13H2,1-2H3. The molecule has 0 amide bonds. The first-order valence-electron chi connectivity index (χ1n) is 16.6. The topological polar surface area (TPSA) is 44.9 Å². The van der Waals surface area contributed by atoms with Gasteiger partial charge >= 0.3 is 0 Å². The van der Waals surface area contributed by atoms with Gasteiger partial charge in [0, 0.05) is 87.8 Å². The van der Waals surface area contributed by atoms with Crippen LogP contribution >= 0.6 is 11.8 Å². The Morgan fingerprint density at radius 2 is 1.24 bits per heavy atom. The van der Waals surface area contributed by atoms with Gasteiger partial charge in [0.1, 0.15) is 0 Å². The van der Waals surface area contributed by atoms with Gasteiger partial charge in [-0.25, -0.2) is 0 Å². The van der Waals surface area contributed by atoms with E-state index in [1.807, 2.05) is 26.2 Å². The zero-order chi connectivity index (χ0) is 31.6. The molecule has 0 bridgehead atoms. The summed E-state index contributed by atoms with van der Waals surface area (Å²) in [6.07, 6.45) is 8.28. The van der Waals surface area contributed by atoms with Gasteiger partial charge in [0.2, 0.25) is 0 Å². The van der Waals surface area contributed by atoms with E-state index in [2.05, 4.69) is 105 Å². The molecule has 6 heteroatoms. The number of aromatic nitrogens is 4. The molecule has 0 spiro atoms. The highest BCUT2D eigenvalue weighted by atomic mass is 32.2. The molecular weight excluding hydrogens is 585 g/mol. The fourth-order valence-corrected chi connectivity index (χ4v) is 8.05. The van der Waals surface area contributed by atoms with Crippen molar-refractivity contribution in [1.29, 1.82) is 0 Å². The second-order valence-electron chi connectivity index (χ2n) is 12.9. The number of ether oxygens (including phenoxy) is 1. The number of rotatable bonds is 6. The summed E-state index contributed by atoms with van der Waals surface area (Å²) in [4.78, 5) is 8.84. The van der Waals surface area contributed by atoms with Crippen LogP contribution in [0.25, 0.3) is 21.8 Å². The minimum Gasteiger partial charge on any atom is -0.376 e. The summed E-state index contributed by atoms with van der Waals surface area (Å²) in [6.45, 7) is 12.0. The van der Waals surface area contributed by atoms with Crippen molar-refractivity contribution >= 4 is 33.6 Å². The number of benzene rings is 2. The molecule has 0 fully saturated rings. The Morgan fingerprint density at radius 3 is 1.80 bits per heavy atom. The van der Waals surface area contributed by atoms with Crippen molar-refractivity contribution in [1.82, 2.24) is 19.1 Å². The molecule has 4 aromatic heterocycles. The fourth-order valence-electron chi connectivity index (χ4n) is 7.05. The van der Waals surface area contributed by atoms with E-state index >= 15 is 0 Å². The van der Waals surface area contributed by atoms with E-state index < -0.39 is 0 Å². The van der Waals surface area contributed by atoms with Crippen LogP contribution in [0.15, 0.2) is 73.1 Å². The maximum atomic E-state index is 5.71. The second kappa shape index (κ2) is 13.5. The molecule has 0 saturated heterocycles. The first-order chi connectivity index (χ1) is 22.4. The van der Waals surface area contributed by atoms with Gasteiger partial charge in [-0.1, -0.05) is 35.4 Å². The molecule has 2 aliphatic rings. The summed E-state index contributed by atoms with van der Waals surface area (Å²) in [7, 11) is 0. The third-order valence-corrected chi connectivity index (χ3v) is 10.5. The smallest absolute Gasteiger partial charge is 0.0740 e. The molecule has 0 aliphatic carbocycles. The number of hydrogen-bond donors (Lipinski definition) is 0. The van der Waals surface area contributed by atoms with Gasteiger partial charge in [0.25, 0.3) is 0 Å². The van der Waals surface area contributed by atoms with Gasteiger partial charge < -0.3 is 13.9 Å². The monoisotopic (exact) mass is 628 g/mol. The zero-order valence-corrected chi connectivity index (χ0v) is 28.4. The number of nitrogens with zero attached hydrogens (tertiary/aromatic N) is 4. The van der Waals surface area contributed by atoms with E-state index in [1.54, 1.807) is 11.3 Å². The maximum absolute atomic E-state index is 5.71. The van der Waals surface area contributed by atoms with Crippen molar-refractivity contribution in [3.63, 3.8) is 0 Å². The summed E-state index contributed by atoms with van der Waals surface area (Å²) < 4.78 is 10.8. The Labute approximate surface area is 277 Å². The molecule has 0 radical (unpaired) electrons. The molecule has 0 unspecified atom stereocenters. The summed E-state index contributed by atoms with van der Waals surface area (Å²) in [5, 5.41) is 2.83. The summed E-state index contributed by atoms with van der Waals surface area (Å²) in [5.41, 5.74) is 16.2. The van der Waals surface area contributed by atoms with E-state index in [-0.39, 0.29) is 0 Å². The van der Waals surface area contributed by atoms with Gasteiger partial charge in [0.15, 0.2) is 0 Å². The molecule has 6 aromatic rings. The number of hydrogen-bond acceptors (Lipinski definition) is 4. The molecule has 236 valence electrons. The first-order valence-corrected chi connectivity index (χ1v) is 17.8. The Bertz CT molecular complexity index is 1840. The van der Waals surface area contributed by atoms with E-state index in [1.165, 1.54) is 67.5 Å². The van der Waals surface area contributed by atoms with E-state index in [9.17, 15) is 0 Å². The number of pyridine rings is 2. The van der Waals surface area contributed by atoms with Crippen LogP contribution in [0.2, 0.25) is 0 Å². The lowest BCUT2D eigenvalue weighted by Gasteiger charge is -2.16. The average Bonchev–Trinajstić information content (AvgIpc) is 3.56. The van der Waals surface area contributed by atoms with Crippen LogP contribution in [0.4, 0.5) is 0 Å². The second-order valence-corrected chi connectivity index (χ2v) is 14.0. The highest BCUT2D eigenvalue weighted by molar-refractivity contribution is 7.98.